The highest BCUT2D eigenvalue weighted by Gasteiger charge is 2.45. The zero-order chi connectivity index (χ0) is 20.9. The fourth-order valence-electron chi connectivity index (χ4n) is 3.93. The van der Waals surface area contributed by atoms with Crippen molar-refractivity contribution in [2.24, 2.45) is 5.41 Å². The quantitative estimate of drug-likeness (QED) is 0.504. The summed E-state index contributed by atoms with van der Waals surface area (Å²) in [6.07, 6.45) is 8.12. The van der Waals surface area contributed by atoms with Gasteiger partial charge in [0.25, 0.3) is 0 Å². The molecule has 3 rings (SSSR count). The molecule has 2 amide bonds. The molecule has 0 bridgehead atoms. The summed E-state index contributed by atoms with van der Waals surface area (Å²) in [7, 11) is 0. The van der Waals surface area contributed by atoms with Gasteiger partial charge < -0.3 is 15.7 Å². The van der Waals surface area contributed by atoms with Crippen molar-refractivity contribution in [1.29, 1.82) is 0 Å². The lowest BCUT2D eigenvalue weighted by molar-refractivity contribution is -0.154. The number of rotatable bonds is 6. The van der Waals surface area contributed by atoms with Crippen LogP contribution in [-0.2, 0) is 14.4 Å². The molecule has 0 spiro atoms. The summed E-state index contributed by atoms with van der Waals surface area (Å²) in [6, 6.07) is 5.22. The minimum atomic E-state index is -1.45. The van der Waals surface area contributed by atoms with E-state index < -0.39 is 17.3 Å². The fraction of sp³-hybridized carbons (Fsp3) is 0.500. The average Bonchev–Trinajstić information content (AvgIpc) is 2.71. The van der Waals surface area contributed by atoms with E-state index in [1.807, 2.05) is 13.0 Å². The molecular weight excluding hydrogens is 370 g/mol. The van der Waals surface area contributed by atoms with E-state index in [2.05, 4.69) is 15.5 Å². The number of carbonyl (C=O) groups excluding carboxylic acids is 2. The first-order valence-electron chi connectivity index (χ1n) is 10.2. The van der Waals surface area contributed by atoms with Gasteiger partial charge in [-0.1, -0.05) is 24.6 Å². The molecule has 1 aromatic rings. The number of carbonyl (C=O) groups is 3. The predicted octanol–water partition coefficient (Wildman–Crippen LogP) is 3.17. The third kappa shape index (κ3) is 5.03. The molecule has 156 valence electrons. The Bertz CT molecular complexity index is 814. The molecule has 7 heteroatoms. The number of aryl methyl sites for hydroxylation is 1. The molecule has 1 heterocycles. The Balaban J connectivity index is 1.68. The van der Waals surface area contributed by atoms with E-state index in [0.717, 1.165) is 31.5 Å². The van der Waals surface area contributed by atoms with Crippen LogP contribution in [-0.4, -0.2) is 47.4 Å². The maximum absolute atomic E-state index is 12.8. The average molecular weight is 399 g/mol. The van der Waals surface area contributed by atoms with Crippen LogP contribution in [0.4, 0.5) is 11.4 Å². The van der Waals surface area contributed by atoms with Crippen LogP contribution in [0.5, 0.6) is 0 Å². The molecule has 1 atom stereocenters. The van der Waals surface area contributed by atoms with Gasteiger partial charge in [0.15, 0.2) is 0 Å². The van der Waals surface area contributed by atoms with Gasteiger partial charge >= 0.3 is 5.97 Å². The van der Waals surface area contributed by atoms with E-state index in [0.29, 0.717) is 24.3 Å². The van der Waals surface area contributed by atoms with Gasteiger partial charge in [-0.15, -0.1) is 0 Å². The maximum atomic E-state index is 12.8. The molecule has 0 radical (unpaired) electrons. The lowest BCUT2D eigenvalue weighted by atomic mass is 9.76. The van der Waals surface area contributed by atoms with Crippen LogP contribution in [0.15, 0.2) is 30.4 Å². The van der Waals surface area contributed by atoms with Gasteiger partial charge in [-0.2, -0.15) is 0 Å². The number of aliphatic carboxylic acids is 1. The van der Waals surface area contributed by atoms with Crippen molar-refractivity contribution in [3.8, 4) is 0 Å². The van der Waals surface area contributed by atoms with E-state index in [1.165, 1.54) is 6.42 Å². The molecule has 1 unspecified atom stereocenters. The van der Waals surface area contributed by atoms with Gasteiger partial charge in [0, 0.05) is 11.4 Å². The van der Waals surface area contributed by atoms with Crippen LogP contribution < -0.4 is 10.6 Å². The maximum Gasteiger partial charge on any atom is 0.319 e. The molecule has 1 fully saturated rings. The summed E-state index contributed by atoms with van der Waals surface area (Å²) < 4.78 is 0. The number of anilines is 2. The molecule has 2 aliphatic rings. The van der Waals surface area contributed by atoms with Crippen molar-refractivity contribution in [3.63, 3.8) is 0 Å². The van der Waals surface area contributed by atoms with Crippen molar-refractivity contribution in [2.75, 3.05) is 30.3 Å². The Hall–Kier alpha value is -2.67. The fourth-order valence-corrected chi connectivity index (χ4v) is 3.93. The van der Waals surface area contributed by atoms with Crippen molar-refractivity contribution in [3.05, 3.63) is 35.9 Å². The third-order valence-electron chi connectivity index (χ3n) is 5.80. The Morgan fingerprint density at radius 3 is 2.52 bits per heavy atom. The topological polar surface area (TPSA) is 98.7 Å². The van der Waals surface area contributed by atoms with Crippen LogP contribution in [0, 0.1) is 12.3 Å². The standard InChI is InChI=1S/C22H29N3O4/c1-16-8-9-17(23-20(27)22(21(28)29)10-4-2-5-11-22)14-18(16)24-19(26)15-25-12-6-3-7-13-25/h2,4,8-9,14H,3,5-7,10-13,15H2,1H3,(H,23,27)(H,24,26)(H,28,29). The number of nitrogens with zero attached hydrogens (tertiary/aromatic N) is 1. The van der Waals surface area contributed by atoms with Gasteiger partial charge in [-0.05, 0) is 69.8 Å². The molecule has 29 heavy (non-hydrogen) atoms. The molecule has 1 saturated heterocycles. The number of amides is 2. The van der Waals surface area contributed by atoms with Crippen molar-refractivity contribution >= 4 is 29.2 Å². The van der Waals surface area contributed by atoms with E-state index >= 15 is 0 Å². The number of benzene rings is 1. The number of carboxylic acids is 1. The molecular formula is C22H29N3O4. The van der Waals surface area contributed by atoms with Gasteiger partial charge in [-0.3, -0.25) is 19.3 Å². The molecule has 1 aromatic carbocycles. The van der Waals surface area contributed by atoms with Crippen LogP contribution >= 0.6 is 0 Å². The second-order valence-electron chi connectivity index (χ2n) is 7.97. The van der Waals surface area contributed by atoms with Crippen LogP contribution in [0.3, 0.4) is 0 Å². The molecule has 0 aromatic heterocycles. The molecule has 0 saturated carbocycles. The van der Waals surface area contributed by atoms with Crippen LogP contribution in [0.1, 0.15) is 44.1 Å². The van der Waals surface area contributed by atoms with Crippen LogP contribution in [0.2, 0.25) is 0 Å². The summed E-state index contributed by atoms with van der Waals surface area (Å²) in [5, 5.41) is 15.3. The van der Waals surface area contributed by atoms with Gasteiger partial charge in [0.2, 0.25) is 11.8 Å². The largest absolute Gasteiger partial charge is 0.480 e. The van der Waals surface area contributed by atoms with E-state index in [-0.39, 0.29) is 18.7 Å². The van der Waals surface area contributed by atoms with E-state index in [9.17, 15) is 19.5 Å². The Morgan fingerprint density at radius 2 is 1.86 bits per heavy atom. The second kappa shape index (κ2) is 9.22. The smallest absolute Gasteiger partial charge is 0.319 e. The summed E-state index contributed by atoms with van der Waals surface area (Å²) in [5.41, 5.74) is 0.530. The highest BCUT2D eigenvalue weighted by Crippen LogP contribution is 2.35. The highest BCUT2D eigenvalue weighted by atomic mass is 16.4. The number of allylic oxidation sites excluding steroid dienone is 2. The molecule has 7 nitrogen and oxygen atoms in total. The monoisotopic (exact) mass is 399 g/mol. The summed E-state index contributed by atoms with van der Waals surface area (Å²) in [5.74, 6) is -1.72. The van der Waals surface area contributed by atoms with Gasteiger partial charge in [0.05, 0.1) is 6.54 Å². The first-order chi connectivity index (χ1) is 13.9. The number of piperidine rings is 1. The summed E-state index contributed by atoms with van der Waals surface area (Å²) in [4.78, 5) is 39.2. The van der Waals surface area contributed by atoms with Crippen molar-refractivity contribution in [1.82, 2.24) is 4.90 Å². The van der Waals surface area contributed by atoms with E-state index in [4.69, 9.17) is 0 Å². The van der Waals surface area contributed by atoms with Gasteiger partial charge in [0.1, 0.15) is 5.41 Å². The third-order valence-corrected chi connectivity index (χ3v) is 5.80. The Kier molecular flexibility index (Phi) is 6.69. The first-order valence-corrected chi connectivity index (χ1v) is 10.2. The molecule has 3 N–H and O–H groups in total. The lowest BCUT2D eigenvalue weighted by Crippen LogP contribution is -2.43. The number of hydrogen-bond donors (Lipinski definition) is 3. The number of carboxylic acid groups (broad SMARTS) is 1. The number of nitrogens with one attached hydrogen (secondary N) is 2. The van der Waals surface area contributed by atoms with Crippen molar-refractivity contribution < 1.29 is 19.5 Å². The van der Waals surface area contributed by atoms with Crippen LogP contribution in [0.25, 0.3) is 0 Å². The molecule has 1 aliphatic carbocycles. The minimum absolute atomic E-state index is 0.0853. The lowest BCUT2D eigenvalue weighted by Gasteiger charge is -2.29. The number of hydrogen-bond acceptors (Lipinski definition) is 4. The van der Waals surface area contributed by atoms with Crippen molar-refractivity contribution in [2.45, 2.75) is 45.4 Å². The zero-order valence-corrected chi connectivity index (χ0v) is 16.9. The Morgan fingerprint density at radius 1 is 1.10 bits per heavy atom. The van der Waals surface area contributed by atoms with Gasteiger partial charge in [-0.25, -0.2) is 0 Å². The SMILES string of the molecule is Cc1ccc(NC(=O)C2(C(=O)O)CC=CCC2)cc1NC(=O)CN1CCCCC1. The summed E-state index contributed by atoms with van der Waals surface area (Å²) >= 11 is 0. The molecule has 1 aliphatic heterocycles. The van der Waals surface area contributed by atoms with E-state index in [1.54, 1.807) is 24.3 Å². The Labute approximate surface area is 171 Å². The highest BCUT2D eigenvalue weighted by molar-refractivity contribution is 6.09. The normalized spacial score (nSPS) is 22.1. The first kappa shape index (κ1) is 21.0. The zero-order valence-electron chi connectivity index (χ0n) is 16.9. The number of likely N-dealkylation sites (tertiary alicyclic amines) is 1. The minimum Gasteiger partial charge on any atom is -0.480 e. The summed E-state index contributed by atoms with van der Waals surface area (Å²) in [6.45, 7) is 4.11. The predicted molar refractivity (Wildman–Crippen MR) is 112 cm³/mol. The second-order valence-corrected chi connectivity index (χ2v) is 7.97.